The lowest BCUT2D eigenvalue weighted by atomic mass is 9.94. The molecule has 0 saturated heterocycles. The van der Waals surface area contributed by atoms with Crippen LogP contribution in [0.3, 0.4) is 0 Å². The number of esters is 1. The number of fused-ring (bicyclic) bond motifs is 1. The van der Waals surface area contributed by atoms with Crippen molar-refractivity contribution in [2.75, 3.05) is 32.2 Å². The van der Waals surface area contributed by atoms with Crippen LogP contribution < -0.4 is 10.1 Å². The molecule has 3 aromatic carbocycles. The Hall–Kier alpha value is -3.77. The molecule has 0 unspecified atom stereocenters. The molecule has 0 spiro atoms. The number of methoxy groups -OCH3 is 1. The summed E-state index contributed by atoms with van der Waals surface area (Å²) in [5.41, 5.74) is 8.59. The molecule has 36 heavy (non-hydrogen) atoms. The third kappa shape index (κ3) is 6.07. The van der Waals surface area contributed by atoms with Gasteiger partial charge in [-0.25, -0.2) is 0 Å². The van der Waals surface area contributed by atoms with Crippen molar-refractivity contribution >= 4 is 22.6 Å². The zero-order valence-corrected chi connectivity index (χ0v) is 21.4. The summed E-state index contributed by atoms with van der Waals surface area (Å²) in [5.74, 6) is 0.840. The zero-order chi connectivity index (χ0) is 25.5. The quantitative estimate of drug-likeness (QED) is 0.149. The first-order valence-electron chi connectivity index (χ1n) is 12.2. The molecule has 6 heteroatoms. The maximum Gasteiger partial charge on any atom is 0.487 e. The summed E-state index contributed by atoms with van der Waals surface area (Å²) in [6.07, 6.45) is 1.97. The van der Waals surface area contributed by atoms with E-state index in [1.165, 1.54) is 34.9 Å². The highest BCUT2D eigenvalue weighted by atomic mass is 16.5. The van der Waals surface area contributed by atoms with E-state index in [9.17, 15) is 4.79 Å². The second-order valence-corrected chi connectivity index (χ2v) is 8.78. The minimum atomic E-state index is -0.0333. The molecule has 1 aromatic heterocycles. The number of anilines is 1. The van der Waals surface area contributed by atoms with Crippen LogP contribution in [0.1, 0.15) is 29.2 Å². The standard InChI is InChI=1S/C30H33NO5/c1-5-34-11-12-35-26-13-20(2)30(21(3)14-26)23-8-6-7-22(15-23)18-31-25-9-10-27-24(16-29(32)33-4)19-36-28(27)17-25/h6-10,13-15,17,19,31H,5,11-12,16,18H2,1-4H3/p+1. The largest absolute Gasteiger partial charge is 0.491 e. The van der Waals surface area contributed by atoms with Gasteiger partial charge in [-0.05, 0) is 78.9 Å². The number of aryl methyl sites for hydroxylation is 2. The third-order valence-electron chi connectivity index (χ3n) is 6.15. The first kappa shape index (κ1) is 25.3. The summed E-state index contributed by atoms with van der Waals surface area (Å²) < 4.78 is 21.8. The maximum atomic E-state index is 9.69. The molecule has 4 aromatic rings. The number of nitrogens with one attached hydrogen (secondary N) is 1. The Bertz CT molecular complexity index is 1320. The van der Waals surface area contributed by atoms with E-state index in [-0.39, 0.29) is 5.97 Å². The normalized spacial score (nSPS) is 11.0. The number of ether oxygens (including phenoxy) is 3. The van der Waals surface area contributed by atoms with E-state index in [4.69, 9.17) is 18.6 Å². The fourth-order valence-electron chi connectivity index (χ4n) is 4.43. The molecule has 0 aliphatic rings. The number of carbonyl (C=O) groups excluding carboxylic acids is 1. The van der Waals surface area contributed by atoms with Gasteiger partial charge in [0, 0.05) is 35.9 Å². The summed E-state index contributed by atoms with van der Waals surface area (Å²) in [4.78, 5) is 9.69. The minimum Gasteiger partial charge on any atom is -0.491 e. The van der Waals surface area contributed by atoms with E-state index in [1.54, 1.807) is 6.26 Å². The van der Waals surface area contributed by atoms with Gasteiger partial charge in [-0.1, -0.05) is 18.2 Å². The van der Waals surface area contributed by atoms with E-state index in [0.717, 1.165) is 28.0 Å². The molecule has 2 N–H and O–H groups in total. The summed E-state index contributed by atoms with van der Waals surface area (Å²) in [6.45, 7) is 8.75. The van der Waals surface area contributed by atoms with Crippen LogP contribution in [0.5, 0.6) is 5.75 Å². The van der Waals surface area contributed by atoms with Crippen molar-refractivity contribution in [1.29, 1.82) is 0 Å². The molecule has 0 aliphatic heterocycles. The van der Waals surface area contributed by atoms with Gasteiger partial charge >= 0.3 is 5.97 Å². The van der Waals surface area contributed by atoms with Crippen molar-refractivity contribution in [2.24, 2.45) is 0 Å². The molecule has 188 valence electrons. The van der Waals surface area contributed by atoms with Crippen molar-refractivity contribution in [3.05, 3.63) is 83.1 Å². The molecular weight excluding hydrogens is 454 g/mol. The topological polar surface area (TPSA) is 74.3 Å². The van der Waals surface area contributed by atoms with Gasteiger partial charge in [0.1, 0.15) is 24.4 Å². The number of rotatable bonds is 11. The molecule has 0 aliphatic carbocycles. The van der Waals surface area contributed by atoms with Gasteiger partial charge in [0.25, 0.3) is 0 Å². The second kappa shape index (κ2) is 11.8. The predicted molar refractivity (Wildman–Crippen MR) is 145 cm³/mol. The van der Waals surface area contributed by atoms with Crippen LogP contribution in [0.15, 0.2) is 65.3 Å². The molecule has 0 radical (unpaired) electrons. The molecule has 1 heterocycles. The molecule has 0 atom stereocenters. The predicted octanol–water partition coefficient (Wildman–Crippen LogP) is 6.44. The van der Waals surface area contributed by atoms with Gasteiger partial charge < -0.3 is 28.7 Å². The number of hydrogen-bond acceptors (Lipinski definition) is 5. The minimum absolute atomic E-state index is 0.0333. The highest BCUT2D eigenvalue weighted by Crippen LogP contribution is 2.32. The fraction of sp³-hybridized carbons (Fsp3) is 0.300. The van der Waals surface area contributed by atoms with Crippen molar-refractivity contribution in [3.8, 4) is 16.9 Å². The lowest BCUT2D eigenvalue weighted by Gasteiger charge is -2.15. The Morgan fingerprint density at radius 3 is 2.56 bits per heavy atom. The fourth-order valence-corrected chi connectivity index (χ4v) is 4.43. The molecular formula is C30H34NO5+. The molecule has 0 fully saturated rings. The first-order valence-corrected chi connectivity index (χ1v) is 12.2. The number of benzene rings is 3. The molecule has 6 nitrogen and oxygen atoms in total. The summed E-state index contributed by atoms with van der Waals surface area (Å²) in [6, 6.07) is 18.8. The lowest BCUT2D eigenvalue weighted by Crippen LogP contribution is -2.06. The molecule has 0 bridgehead atoms. The van der Waals surface area contributed by atoms with E-state index >= 15 is 0 Å². The Morgan fingerprint density at radius 1 is 1.00 bits per heavy atom. The lowest BCUT2D eigenvalue weighted by molar-refractivity contribution is 0.110. The number of hydrogen-bond donors (Lipinski definition) is 1. The van der Waals surface area contributed by atoms with Crippen molar-refractivity contribution in [1.82, 2.24) is 0 Å². The van der Waals surface area contributed by atoms with Gasteiger partial charge in [0.05, 0.1) is 12.9 Å². The average molecular weight is 489 g/mol. The SMILES string of the molecule is CCOCCOc1cc(C)c(-c2cccc(CNc3ccc4c(CC(=[OH+])OC)coc4c3)c2)c(C)c1. The van der Waals surface area contributed by atoms with Crippen LogP contribution in [-0.2, 0) is 22.4 Å². The highest BCUT2D eigenvalue weighted by molar-refractivity contribution is 5.88. The Kier molecular flexibility index (Phi) is 8.28. The van der Waals surface area contributed by atoms with Crippen molar-refractivity contribution < 1.29 is 23.4 Å². The van der Waals surface area contributed by atoms with E-state index in [2.05, 4.69) is 55.6 Å². The maximum absolute atomic E-state index is 9.69. The van der Waals surface area contributed by atoms with Crippen LogP contribution in [0.4, 0.5) is 5.69 Å². The summed E-state index contributed by atoms with van der Waals surface area (Å²) in [5, 5.41) is 4.45. The van der Waals surface area contributed by atoms with Crippen molar-refractivity contribution in [2.45, 2.75) is 33.7 Å². The molecule has 4 rings (SSSR count). The third-order valence-corrected chi connectivity index (χ3v) is 6.15. The summed E-state index contributed by atoms with van der Waals surface area (Å²) in [7, 11) is 1.45. The van der Waals surface area contributed by atoms with E-state index < -0.39 is 0 Å². The zero-order valence-electron chi connectivity index (χ0n) is 21.4. The van der Waals surface area contributed by atoms with E-state index in [1.807, 2.05) is 25.1 Å². The van der Waals surface area contributed by atoms with Crippen LogP contribution >= 0.6 is 0 Å². The van der Waals surface area contributed by atoms with Gasteiger partial charge in [-0.3, -0.25) is 0 Å². The average Bonchev–Trinajstić information content (AvgIpc) is 3.27. The van der Waals surface area contributed by atoms with Crippen LogP contribution in [0, 0.1) is 13.8 Å². The van der Waals surface area contributed by atoms with Gasteiger partial charge in [0.15, 0.2) is 7.11 Å². The van der Waals surface area contributed by atoms with Gasteiger partial charge in [0.2, 0.25) is 0 Å². The monoisotopic (exact) mass is 488 g/mol. The van der Waals surface area contributed by atoms with Gasteiger partial charge in [-0.15, -0.1) is 0 Å². The molecule has 0 amide bonds. The van der Waals surface area contributed by atoms with Crippen molar-refractivity contribution in [3.63, 3.8) is 0 Å². The Labute approximate surface area is 212 Å². The molecule has 0 saturated carbocycles. The van der Waals surface area contributed by atoms with Crippen LogP contribution in [0.25, 0.3) is 22.1 Å². The van der Waals surface area contributed by atoms with E-state index in [0.29, 0.717) is 32.8 Å². The highest BCUT2D eigenvalue weighted by Gasteiger charge is 2.16. The smallest absolute Gasteiger partial charge is 0.487 e. The Morgan fingerprint density at radius 2 is 1.81 bits per heavy atom. The number of furan rings is 1. The summed E-state index contributed by atoms with van der Waals surface area (Å²) >= 11 is 0. The van der Waals surface area contributed by atoms with Crippen LogP contribution in [0.2, 0.25) is 0 Å². The second-order valence-electron chi connectivity index (χ2n) is 8.78. The van der Waals surface area contributed by atoms with Crippen LogP contribution in [-0.4, -0.2) is 37.7 Å². The van der Waals surface area contributed by atoms with Gasteiger partial charge in [-0.2, -0.15) is 0 Å². The first-order chi connectivity index (χ1) is 17.5. The Balaban J connectivity index is 1.45.